The lowest BCUT2D eigenvalue weighted by molar-refractivity contribution is -0.120. The first kappa shape index (κ1) is 15.3. The van der Waals surface area contributed by atoms with Crippen LogP contribution >= 0.6 is 0 Å². The first-order valence-corrected chi connectivity index (χ1v) is 7.57. The van der Waals surface area contributed by atoms with Crippen LogP contribution in [0, 0.1) is 11.3 Å². The molecule has 2 aliphatic rings. The molecule has 1 fully saturated rings. The van der Waals surface area contributed by atoms with Crippen molar-refractivity contribution in [3.63, 3.8) is 0 Å². The van der Waals surface area contributed by atoms with Gasteiger partial charge in [0.05, 0.1) is 11.5 Å². The van der Waals surface area contributed by atoms with Crippen molar-refractivity contribution in [3.05, 3.63) is 29.8 Å². The Morgan fingerprint density at radius 2 is 2.13 bits per heavy atom. The number of nitrogens with zero attached hydrogens (tertiary/aromatic N) is 2. The lowest BCUT2D eigenvalue weighted by atomic mass is 9.80. The molecule has 1 aromatic rings. The van der Waals surface area contributed by atoms with Gasteiger partial charge in [-0.1, -0.05) is 18.2 Å². The van der Waals surface area contributed by atoms with Gasteiger partial charge < -0.3 is 10.1 Å². The zero-order valence-electron chi connectivity index (χ0n) is 13.4. The van der Waals surface area contributed by atoms with Crippen LogP contribution in [-0.4, -0.2) is 35.1 Å². The quantitative estimate of drug-likeness (QED) is 0.797. The molecule has 0 saturated carbocycles. The van der Waals surface area contributed by atoms with E-state index in [9.17, 15) is 14.9 Å². The number of nitriles is 1. The van der Waals surface area contributed by atoms with Gasteiger partial charge in [0.25, 0.3) is 0 Å². The van der Waals surface area contributed by atoms with Gasteiger partial charge in [0.1, 0.15) is 11.6 Å². The fraction of sp³-hybridized carbons (Fsp3) is 0.471. The first-order chi connectivity index (χ1) is 10.8. The number of amides is 2. The molecule has 120 valence electrons. The molecule has 1 N–H and O–H groups in total. The van der Waals surface area contributed by atoms with E-state index in [4.69, 9.17) is 4.74 Å². The van der Waals surface area contributed by atoms with Crippen molar-refractivity contribution >= 4 is 17.7 Å². The molecule has 1 saturated heterocycles. The summed E-state index contributed by atoms with van der Waals surface area (Å²) in [4.78, 5) is 26.3. The Labute approximate surface area is 135 Å². The molecule has 0 bridgehead atoms. The van der Waals surface area contributed by atoms with Crippen molar-refractivity contribution in [2.24, 2.45) is 0 Å². The number of carbonyl (C=O) groups is 2. The van der Waals surface area contributed by atoms with Crippen molar-refractivity contribution in [1.29, 1.82) is 5.26 Å². The van der Waals surface area contributed by atoms with Crippen LogP contribution in [0.15, 0.2) is 24.3 Å². The average Bonchev–Trinajstić information content (AvgIpc) is 2.98. The number of hydrogen-bond acceptors (Lipinski definition) is 4. The number of carbonyl (C=O) groups excluding carboxylic acids is 2. The standard InChI is InChI=1S/C17H19N3O3/c1-16(2,3)23-15(22)20-10-17(8-11(20)9-18)12-6-4-5-7-13(12)19-14(17)21/h4-7,11H,8,10H2,1-3H3,(H,19,21)/t11-,17-/m0/s1. The molecule has 0 aliphatic carbocycles. The number of nitrogens with one attached hydrogen (secondary N) is 1. The van der Waals surface area contributed by atoms with Gasteiger partial charge in [0, 0.05) is 18.7 Å². The Balaban J connectivity index is 1.95. The van der Waals surface area contributed by atoms with Crippen LogP contribution in [0.5, 0.6) is 0 Å². The minimum Gasteiger partial charge on any atom is -0.444 e. The molecule has 0 aromatic heterocycles. The van der Waals surface area contributed by atoms with Gasteiger partial charge in [-0.15, -0.1) is 0 Å². The average molecular weight is 313 g/mol. The van der Waals surface area contributed by atoms with Crippen molar-refractivity contribution in [1.82, 2.24) is 4.90 Å². The smallest absolute Gasteiger partial charge is 0.411 e. The van der Waals surface area contributed by atoms with Gasteiger partial charge >= 0.3 is 6.09 Å². The van der Waals surface area contributed by atoms with E-state index in [0.29, 0.717) is 0 Å². The number of likely N-dealkylation sites (tertiary alicyclic amines) is 1. The van der Waals surface area contributed by atoms with E-state index in [1.54, 1.807) is 20.8 Å². The summed E-state index contributed by atoms with van der Waals surface area (Å²) in [6.07, 6.45) is -0.274. The number of benzene rings is 1. The summed E-state index contributed by atoms with van der Waals surface area (Å²) in [5.41, 5.74) is 0.0767. The van der Waals surface area contributed by atoms with Gasteiger partial charge in [-0.3, -0.25) is 9.69 Å². The topological polar surface area (TPSA) is 82.4 Å². The summed E-state index contributed by atoms with van der Waals surface area (Å²) < 4.78 is 5.38. The summed E-state index contributed by atoms with van der Waals surface area (Å²) >= 11 is 0. The normalized spacial score (nSPS) is 25.9. The molecule has 6 heteroatoms. The molecule has 2 aliphatic heterocycles. The SMILES string of the molecule is CC(C)(C)OC(=O)N1C[C@]2(C[C@H]1C#N)C(=O)Nc1ccccc12. The molecule has 3 rings (SSSR count). The van der Waals surface area contributed by atoms with E-state index in [-0.39, 0.29) is 18.9 Å². The lowest BCUT2D eigenvalue weighted by Crippen LogP contribution is -2.42. The number of anilines is 1. The number of rotatable bonds is 0. The van der Waals surface area contributed by atoms with Crippen LogP contribution in [0.3, 0.4) is 0 Å². The van der Waals surface area contributed by atoms with Crippen LogP contribution < -0.4 is 5.32 Å². The highest BCUT2D eigenvalue weighted by Crippen LogP contribution is 2.46. The predicted molar refractivity (Wildman–Crippen MR) is 83.7 cm³/mol. The van der Waals surface area contributed by atoms with Crippen LogP contribution in [0.4, 0.5) is 10.5 Å². The van der Waals surface area contributed by atoms with E-state index >= 15 is 0 Å². The molecular weight excluding hydrogens is 294 g/mol. The number of para-hydroxylation sites is 1. The molecule has 6 nitrogen and oxygen atoms in total. The van der Waals surface area contributed by atoms with E-state index in [1.807, 2.05) is 24.3 Å². The first-order valence-electron chi connectivity index (χ1n) is 7.57. The number of ether oxygens (including phenoxy) is 1. The third-order valence-electron chi connectivity index (χ3n) is 4.26. The molecule has 0 radical (unpaired) electrons. The molecule has 1 spiro atoms. The minimum atomic E-state index is -0.867. The Bertz CT molecular complexity index is 717. The second kappa shape index (κ2) is 4.98. The molecule has 2 heterocycles. The van der Waals surface area contributed by atoms with Gasteiger partial charge in [0.2, 0.25) is 5.91 Å². The summed E-state index contributed by atoms with van der Waals surface area (Å²) in [6, 6.07) is 8.86. The summed E-state index contributed by atoms with van der Waals surface area (Å²) in [7, 11) is 0. The maximum Gasteiger partial charge on any atom is 0.411 e. The second-order valence-electron chi connectivity index (χ2n) is 7.04. The zero-order chi connectivity index (χ0) is 16.8. The molecule has 23 heavy (non-hydrogen) atoms. The monoisotopic (exact) mass is 313 g/mol. The Hall–Kier alpha value is -2.55. The van der Waals surface area contributed by atoms with Crippen LogP contribution in [0.2, 0.25) is 0 Å². The van der Waals surface area contributed by atoms with E-state index in [0.717, 1.165) is 11.3 Å². The molecule has 0 unspecified atom stereocenters. The maximum atomic E-state index is 12.6. The van der Waals surface area contributed by atoms with E-state index < -0.39 is 23.2 Å². The van der Waals surface area contributed by atoms with Gasteiger partial charge in [-0.25, -0.2) is 4.79 Å². The Morgan fingerprint density at radius 1 is 1.43 bits per heavy atom. The molecule has 2 amide bonds. The largest absolute Gasteiger partial charge is 0.444 e. The summed E-state index contributed by atoms with van der Waals surface area (Å²) in [5, 5.41) is 12.3. The number of hydrogen-bond donors (Lipinski definition) is 1. The van der Waals surface area contributed by atoms with Crippen molar-refractivity contribution in [2.45, 2.75) is 44.2 Å². The van der Waals surface area contributed by atoms with Crippen molar-refractivity contribution in [2.75, 3.05) is 11.9 Å². The summed E-state index contributed by atoms with van der Waals surface area (Å²) in [5.74, 6) is -0.162. The van der Waals surface area contributed by atoms with Gasteiger partial charge in [-0.2, -0.15) is 5.26 Å². The van der Waals surface area contributed by atoms with Gasteiger partial charge in [-0.05, 0) is 32.4 Å². The van der Waals surface area contributed by atoms with Crippen LogP contribution in [0.25, 0.3) is 0 Å². The third kappa shape index (κ3) is 2.42. The van der Waals surface area contributed by atoms with E-state index in [2.05, 4.69) is 11.4 Å². The molecule has 1 aromatic carbocycles. The lowest BCUT2D eigenvalue weighted by Gasteiger charge is -2.26. The molecular formula is C17H19N3O3. The minimum absolute atomic E-state index is 0.156. The summed E-state index contributed by atoms with van der Waals surface area (Å²) in [6.45, 7) is 5.48. The maximum absolute atomic E-state index is 12.6. The molecule has 2 atom stereocenters. The highest BCUT2D eigenvalue weighted by atomic mass is 16.6. The second-order valence-corrected chi connectivity index (χ2v) is 7.04. The fourth-order valence-electron chi connectivity index (χ4n) is 3.27. The van der Waals surface area contributed by atoms with E-state index in [1.165, 1.54) is 4.90 Å². The Morgan fingerprint density at radius 3 is 2.78 bits per heavy atom. The van der Waals surface area contributed by atoms with Crippen molar-refractivity contribution in [3.8, 4) is 6.07 Å². The fourth-order valence-corrected chi connectivity index (χ4v) is 3.27. The van der Waals surface area contributed by atoms with Crippen molar-refractivity contribution < 1.29 is 14.3 Å². The third-order valence-corrected chi connectivity index (χ3v) is 4.26. The van der Waals surface area contributed by atoms with Crippen LogP contribution in [0.1, 0.15) is 32.8 Å². The zero-order valence-corrected chi connectivity index (χ0v) is 13.4. The van der Waals surface area contributed by atoms with Gasteiger partial charge in [0.15, 0.2) is 0 Å². The Kier molecular flexibility index (Phi) is 3.33. The number of fused-ring (bicyclic) bond motifs is 2. The highest BCUT2D eigenvalue weighted by molar-refractivity contribution is 6.07. The van der Waals surface area contributed by atoms with Crippen LogP contribution in [-0.2, 0) is 14.9 Å². The predicted octanol–water partition coefficient (Wildman–Crippen LogP) is 2.41. The highest BCUT2D eigenvalue weighted by Gasteiger charge is 2.56.